The van der Waals surface area contributed by atoms with Crippen LogP contribution >= 0.6 is 0 Å². The number of hydrogen-bond acceptors (Lipinski definition) is 5. The Hall–Kier alpha value is -2.15. The largest absolute Gasteiger partial charge is 0.483 e. The van der Waals surface area contributed by atoms with E-state index < -0.39 is 16.4 Å². The number of nitrogens with two attached hydrogens (primary N) is 1. The van der Waals surface area contributed by atoms with Crippen LogP contribution in [0.25, 0.3) is 0 Å². The van der Waals surface area contributed by atoms with Crippen LogP contribution in [0.5, 0.6) is 5.75 Å². The molecule has 2 rings (SSSR count). The maximum absolute atomic E-state index is 11.6. The van der Waals surface area contributed by atoms with Crippen molar-refractivity contribution in [2.75, 3.05) is 7.05 Å². The summed E-state index contributed by atoms with van der Waals surface area (Å²) in [5.74, 6) is -0.184. The Morgan fingerprint density at radius 2 is 2.29 bits per heavy atom. The van der Waals surface area contributed by atoms with Gasteiger partial charge in [-0.1, -0.05) is 12.1 Å². The maximum Gasteiger partial charge on any atom is 0.313 e. The minimum absolute atomic E-state index is 0.0291. The lowest BCUT2D eigenvalue weighted by molar-refractivity contribution is -0.386. The Bertz CT molecular complexity index is 575. The lowest BCUT2D eigenvalue weighted by atomic mass is 9.97. The number of benzene rings is 1. The SMILES string of the molecule is CNC1(C(N)=O)CCC(Oc2cccc(C)c2[N+](=O)[O-])C1. The predicted octanol–water partition coefficient (Wildman–Crippen LogP) is 1.28. The van der Waals surface area contributed by atoms with Gasteiger partial charge in [-0.15, -0.1) is 0 Å². The fourth-order valence-corrected chi connectivity index (χ4v) is 2.82. The van der Waals surface area contributed by atoms with Crippen molar-refractivity contribution in [2.24, 2.45) is 5.73 Å². The number of aryl methyl sites for hydroxylation is 1. The highest BCUT2D eigenvalue weighted by molar-refractivity contribution is 5.85. The molecule has 0 heterocycles. The summed E-state index contributed by atoms with van der Waals surface area (Å²) in [5, 5.41) is 14.1. The molecule has 1 amide bonds. The molecule has 3 N–H and O–H groups in total. The smallest absolute Gasteiger partial charge is 0.313 e. The molecule has 1 aliphatic rings. The summed E-state index contributed by atoms with van der Waals surface area (Å²) in [4.78, 5) is 22.3. The van der Waals surface area contributed by atoms with E-state index in [0.717, 1.165) is 0 Å². The van der Waals surface area contributed by atoms with Gasteiger partial charge in [-0.25, -0.2) is 0 Å². The lowest BCUT2D eigenvalue weighted by Crippen LogP contribution is -2.52. The average Bonchev–Trinajstić information content (AvgIpc) is 2.83. The monoisotopic (exact) mass is 293 g/mol. The molecule has 0 spiro atoms. The van der Waals surface area contributed by atoms with Crippen molar-refractivity contribution >= 4 is 11.6 Å². The number of primary amides is 1. The lowest BCUT2D eigenvalue weighted by Gasteiger charge is -2.24. The maximum atomic E-state index is 11.6. The molecular weight excluding hydrogens is 274 g/mol. The van der Waals surface area contributed by atoms with E-state index in [4.69, 9.17) is 10.5 Å². The van der Waals surface area contributed by atoms with Gasteiger partial charge in [-0.3, -0.25) is 14.9 Å². The second-order valence-corrected chi connectivity index (χ2v) is 5.36. The topological polar surface area (TPSA) is 107 Å². The number of nitro groups is 1. The van der Waals surface area contributed by atoms with Crippen molar-refractivity contribution in [3.05, 3.63) is 33.9 Å². The third-order valence-electron chi connectivity index (χ3n) is 4.10. The van der Waals surface area contributed by atoms with E-state index in [2.05, 4.69) is 5.32 Å². The molecule has 21 heavy (non-hydrogen) atoms. The summed E-state index contributed by atoms with van der Waals surface area (Å²) in [5.41, 5.74) is 5.16. The van der Waals surface area contributed by atoms with E-state index in [1.165, 1.54) is 0 Å². The second kappa shape index (κ2) is 5.69. The van der Waals surface area contributed by atoms with Crippen LogP contribution in [-0.2, 0) is 4.79 Å². The van der Waals surface area contributed by atoms with Crippen LogP contribution in [0.1, 0.15) is 24.8 Å². The summed E-state index contributed by atoms with van der Waals surface area (Å²) in [6.45, 7) is 1.67. The Morgan fingerprint density at radius 1 is 1.57 bits per heavy atom. The molecule has 0 bridgehead atoms. The van der Waals surface area contributed by atoms with Crippen LogP contribution in [0.3, 0.4) is 0 Å². The van der Waals surface area contributed by atoms with Crippen molar-refractivity contribution in [3.8, 4) is 5.75 Å². The first kappa shape index (κ1) is 15.2. The first-order valence-electron chi connectivity index (χ1n) is 6.79. The van der Waals surface area contributed by atoms with Crippen LogP contribution in [0.4, 0.5) is 5.69 Å². The summed E-state index contributed by atoms with van der Waals surface area (Å²) >= 11 is 0. The van der Waals surface area contributed by atoms with Gasteiger partial charge in [0.05, 0.1) is 4.92 Å². The zero-order valence-corrected chi connectivity index (χ0v) is 12.1. The number of hydrogen-bond donors (Lipinski definition) is 2. The van der Waals surface area contributed by atoms with E-state index in [9.17, 15) is 14.9 Å². The van der Waals surface area contributed by atoms with Crippen molar-refractivity contribution < 1.29 is 14.5 Å². The van der Waals surface area contributed by atoms with Crippen LogP contribution in [-0.4, -0.2) is 29.5 Å². The fourth-order valence-electron chi connectivity index (χ4n) is 2.82. The van der Waals surface area contributed by atoms with Crippen molar-refractivity contribution in [3.63, 3.8) is 0 Å². The number of carbonyl (C=O) groups excluding carboxylic acids is 1. The van der Waals surface area contributed by atoms with Gasteiger partial charge in [-0.2, -0.15) is 0 Å². The van der Waals surface area contributed by atoms with E-state index >= 15 is 0 Å². The third kappa shape index (κ3) is 2.82. The molecule has 0 aromatic heterocycles. The Balaban J connectivity index is 2.20. The zero-order valence-electron chi connectivity index (χ0n) is 12.1. The quantitative estimate of drug-likeness (QED) is 0.628. The number of amides is 1. The molecule has 7 heteroatoms. The number of nitro benzene ring substituents is 1. The van der Waals surface area contributed by atoms with Crippen LogP contribution in [0.2, 0.25) is 0 Å². The van der Waals surface area contributed by atoms with Crippen LogP contribution in [0.15, 0.2) is 18.2 Å². The molecule has 1 fully saturated rings. The van der Waals surface area contributed by atoms with E-state index in [-0.39, 0.29) is 17.5 Å². The molecule has 0 radical (unpaired) electrons. The second-order valence-electron chi connectivity index (χ2n) is 5.36. The molecule has 1 saturated carbocycles. The minimum atomic E-state index is -0.788. The van der Waals surface area contributed by atoms with Gasteiger partial charge in [0.2, 0.25) is 5.91 Å². The molecule has 0 aliphatic heterocycles. The molecular formula is C14H19N3O4. The Kier molecular flexibility index (Phi) is 4.13. The van der Waals surface area contributed by atoms with Gasteiger partial charge >= 0.3 is 5.69 Å². The normalized spacial score (nSPS) is 24.8. The summed E-state index contributed by atoms with van der Waals surface area (Å²) in [7, 11) is 1.68. The van der Waals surface area contributed by atoms with Gasteiger partial charge in [0.15, 0.2) is 5.75 Å². The highest BCUT2D eigenvalue weighted by Crippen LogP contribution is 2.36. The van der Waals surface area contributed by atoms with Gasteiger partial charge in [0.25, 0.3) is 0 Å². The molecule has 7 nitrogen and oxygen atoms in total. The van der Waals surface area contributed by atoms with Gasteiger partial charge in [0.1, 0.15) is 11.6 Å². The fraction of sp³-hybridized carbons (Fsp3) is 0.500. The van der Waals surface area contributed by atoms with Crippen molar-refractivity contribution in [1.29, 1.82) is 0 Å². The average molecular weight is 293 g/mol. The number of carbonyl (C=O) groups is 1. The molecule has 1 aliphatic carbocycles. The van der Waals surface area contributed by atoms with E-state index in [1.807, 2.05) is 0 Å². The standard InChI is InChI=1S/C14H19N3O4/c1-9-4-3-5-11(12(9)17(19)20)21-10-6-7-14(8-10,16-2)13(15)18/h3-5,10,16H,6-8H2,1-2H3,(H2,15,18). The van der Waals surface area contributed by atoms with Crippen molar-refractivity contribution in [2.45, 2.75) is 37.8 Å². The van der Waals surface area contributed by atoms with Crippen molar-refractivity contribution in [1.82, 2.24) is 5.32 Å². The van der Waals surface area contributed by atoms with Gasteiger partial charge in [0, 0.05) is 12.0 Å². The molecule has 114 valence electrons. The molecule has 1 aromatic carbocycles. The molecule has 2 atom stereocenters. The van der Waals surface area contributed by atoms with Crippen LogP contribution < -0.4 is 15.8 Å². The zero-order chi connectivity index (χ0) is 15.6. The first-order valence-corrected chi connectivity index (χ1v) is 6.79. The summed E-state index contributed by atoms with van der Waals surface area (Å²) in [6.07, 6.45) is 1.31. The Morgan fingerprint density at radius 3 is 2.81 bits per heavy atom. The van der Waals surface area contributed by atoms with E-state index in [0.29, 0.717) is 24.8 Å². The number of nitrogens with zero attached hydrogens (tertiary/aromatic N) is 1. The highest BCUT2D eigenvalue weighted by atomic mass is 16.6. The third-order valence-corrected chi connectivity index (χ3v) is 4.10. The van der Waals surface area contributed by atoms with E-state index in [1.54, 1.807) is 32.2 Å². The highest BCUT2D eigenvalue weighted by Gasteiger charge is 2.44. The van der Waals surface area contributed by atoms with Gasteiger partial charge < -0.3 is 15.8 Å². The molecule has 2 unspecified atom stereocenters. The summed E-state index contributed by atoms with van der Waals surface area (Å²) in [6, 6.07) is 4.96. The number of para-hydroxylation sites is 1. The first-order chi connectivity index (χ1) is 9.89. The van der Waals surface area contributed by atoms with Crippen LogP contribution in [0, 0.1) is 17.0 Å². The summed E-state index contributed by atoms with van der Waals surface area (Å²) < 4.78 is 5.77. The number of rotatable bonds is 5. The predicted molar refractivity (Wildman–Crippen MR) is 77.1 cm³/mol. The van der Waals surface area contributed by atoms with Gasteiger partial charge in [-0.05, 0) is 32.9 Å². The molecule has 1 aromatic rings. The Labute approximate surface area is 122 Å². The minimum Gasteiger partial charge on any atom is -0.483 e. The number of likely N-dealkylation sites (N-methyl/N-ethyl adjacent to an activating group) is 1. The number of ether oxygens (including phenoxy) is 1. The number of nitrogens with one attached hydrogen (secondary N) is 1. The molecule has 0 saturated heterocycles.